The maximum atomic E-state index is 12.1. The average Bonchev–Trinajstić information content (AvgIpc) is 3.55. The summed E-state index contributed by atoms with van der Waals surface area (Å²) >= 11 is 0. The molecule has 3 rings (SSSR count). The summed E-state index contributed by atoms with van der Waals surface area (Å²) in [7, 11) is 1.60. The summed E-state index contributed by atoms with van der Waals surface area (Å²) in [5.74, 6) is 7.42. The smallest absolute Gasteiger partial charge is 0.412 e. The second-order valence-electron chi connectivity index (χ2n) is 7.91. The van der Waals surface area contributed by atoms with Gasteiger partial charge in [0.05, 0.1) is 24.1 Å². The largest absolute Gasteiger partial charge is 0.489 e. The molecule has 2 fully saturated rings. The molecular weight excluding hydrogens is 370 g/mol. The number of aryl methyl sites for hydroxylation is 1. The number of ether oxygens (including phenoxy) is 2. The zero-order chi connectivity index (χ0) is 20.8. The Labute approximate surface area is 172 Å². The highest BCUT2D eigenvalue weighted by atomic mass is 16.5. The highest BCUT2D eigenvalue weighted by Gasteiger charge is 2.24. The van der Waals surface area contributed by atoms with Crippen molar-refractivity contribution in [1.29, 1.82) is 0 Å². The van der Waals surface area contributed by atoms with Crippen molar-refractivity contribution < 1.29 is 14.3 Å². The summed E-state index contributed by atoms with van der Waals surface area (Å²) in [6, 6.07) is 3.70. The van der Waals surface area contributed by atoms with Gasteiger partial charge in [-0.1, -0.05) is 13.3 Å². The minimum absolute atomic E-state index is 0.251. The third-order valence-corrected chi connectivity index (χ3v) is 5.36. The molecule has 0 aromatic carbocycles. The van der Waals surface area contributed by atoms with Gasteiger partial charge in [0, 0.05) is 7.05 Å². The van der Waals surface area contributed by atoms with Gasteiger partial charge in [0.1, 0.15) is 11.4 Å². The molecule has 0 spiro atoms. The quantitative estimate of drug-likeness (QED) is 0.451. The van der Waals surface area contributed by atoms with Gasteiger partial charge in [-0.2, -0.15) is 0 Å². The third-order valence-electron chi connectivity index (χ3n) is 5.36. The number of hydrazine groups is 1. The topological polar surface area (TPSA) is 116 Å². The first-order chi connectivity index (χ1) is 14.0. The van der Waals surface area contributed by atoms with Crippen molar-refractivity contribution in [3.63, 3.8) is 0 Å². The molecule has 0 atom stereocenters. The Hall–Kier alpha value is -2.48. The molecule has 160 valence electrons. The van der Waals surface area contributed by atoms with Crippen molar-refractivity contribution >= 4 is 11.8 Å². The predicted octanol–water partition coefficient (Wildman–Crippen LogP) is 2.88. The van der Waals surface area contributed by atoms with E-state index in [4.69, 9.17) is 21.1 Å². The lowest BCUT2D eigenvalue weighted by Crippen LogP contribution is -2.39. The molecule has 0 bridgehead atoms. The van der Waals surface area contributed by atoms with E-state index in [2.05, 4.69) is 10.3 Å². The number of pyridine rings is 1. The number of alkyl carbamates (subject to hydrolysis) is 1. The monoisotopic (exact) mass is 403 g/mol. The Bertz CT molecular complexity index is 740. The van der Waals surface area contributed by atoms with E-state index < -0.39 is 6.09 Å². The van der Waals surface area contributed by atoms with Crippen LogP contribution in [0.25, 0.3) is 5.70 Å². The van der Waals surface area contributed by atoms with Gasteiger partial charge in [-0.15, -0.1) is 0 Å². The highest BCUT2D eigenvalue weighted by molar-refractivity contribution is 5.74. The summed E-state index contributed by atoms with van der Waals surface area (Å²) in [6.45, 7) is 2.45. The lowest BCUT2D eigenvalue weighted by atomic mass is 9.98. The van der Waals surface area contributed by atoms with Gasteiger partial charge in [0.25, 0.3) is 0 Å². The van der Waals surface area contributed by atoms with Crippen LogP contribution < -0.4 is 21.6 Å². The molecule has 5 N–H and O–H groups in total. The van der Waals surface area contributed by atoms with E-state index in [1.54, 1.807) is 13.1 Å². The van der Waals surface area contributed by atoms with Crippen LogP contribution >= 0.6 is 0 Å². The fourth-order valence-corrected chi connectivity index (χ4v) is 3.44. The lowest BCUT2D eigenvalue weighted by molar-refractivity contribution is 0.141. The number of nitrogens with two attached hydrogens (primary N) is 2. The predicted molar refractivity (Wildman–Crippen MR) is 111 cm³/mol. The average molecular weight is 404 g/mol. The number of aromatic nitrogens is 1. The zero-order valence-corrected chi connectivity index (χ0v) is 17.4. The molecule has 0 radical (unpaired) electrons. The molecule has 0 aliphatic heterocycles. The highest BCUT2D eigenvalue weighted by Crippen LogP contribution is 2.29. The molecule has 29 heavy (non-hydrogen) atoms. The molecule has 2 aliphatic carbocycles. The van der Waals surface area contributed by atoms with Crippen LogP contribution in [0.3, 0.4) is 0 Å². The molecule has 8 heteroatoms. The molecule has 0 unspecified atom stereocenters. The molecule has 1 aromatic heterocycles. The van der Waals surface area contributed by atoms with E-state index in [-0.39, 0.29) is 17.6 Å². The number of hydrogen-bond donors (Lipinski definition) is 3. The summed E-state index contributed by atoms with van der Waals surface area (Å²) < 4.78 is 11.4. The van der Waals surface area contributed by atoms with E-state index in [0.717, 1.165) is 37.1 Å². The van der Waals surface area contributed by atoms with Gasteiger partial charge in [-0.05, 0) is 63.0 Å². The molecule has 1 amide bonds. The minimum atomic E-state index is -0.569. The van der Waals surface area contributed by atoms with Crippen LogP contribution in [0.5, 0.6) is 5.75 Å². The Morgan fingerprint density at radius 3 is 2.59 bits per heavy atom. The molecule has 2 aliphatic rings. The van der Waals surface area contributed by atoms with Crippen LogP contribution in [-0.2, 0) is 11.2 Å². The molecule has 1 heterocycles. The number of carbonyl (C=O) groups excluding carboxylic acids is 1. The maximum Gasteiger partial charge on any atom is 0.412 e. The first kappa shape index (κ1) is 21.2. The van der Waals surface area contributed by atoms with Gasteiger partial charge in [0.15, 0.2) is 5.82 Å². The van der Waals surface area contributed by atoms with Crippen LogP contribution in [-0.4, -0.2) is 35.8 Å². The van der Waals surface area contributed by atoms with Crippen LogP contribution in [0.4, 0.5) is 4.79 Å². The fourth-order valence-electron chi connectivity index (χ4n) is 3.44. The summed E-state index contributed by atoms with van der Waals surface area (Å²) in [4.78, 5) is 16.7. The fraction of sp³-hybridized carbons (Fsp3) is 0.619. The number of carbonyl (C=O) groups is 1. The van der Waals surface area contributed by atoms with Gasteiger partial charge in [-0.3, -0.25) is 10.3 Å². The number of nitrogens with one attached hydrogen (secondary N) is 1. The summed E-state index contributed by atoms with van der Waals surface area (Å²) in [6.07, 6.45) is 8.48. The van der Waals surface area contributed by atoms with E-state index in [1.165, 1.54) is 24.3 Å². The molecule has 2 saturated carbocycles. The second-order valence-corrected chi connectivity index (χ2v) is 7.91. The van der Waals surface area contributed by atoms with Gasteiger partial charge >= 0.3 is 6.09 Å². The standard InChI is InChI=1S/C21H33N5O3/c1-3-16-18(29-15-7-5-4-6-8-15)12-11-17(24-16)19(22)20(26(2)23)25-21(27)28-13-14-9-10-14/h11-12,14-15H,3-10,13,22-23H2,1-2H3,(H,25,27)/b20-19-. The van der Waals surface area contributed by atoms with E-state index >= 15 is 0 Å². The molecule has 0 saturated heterocycles. The molecular formula is C21H33N5O3. The number of hydrogen-bond acceptors (Lipinski definition) is 7. The van der Waals surface area contributed by atoms with Crippen LogP contribution in [0, 0.1) is 5.92 Å². The van der Waals surface area contributed by atoms with E-state index in [1.807, 2.05) is 13.0 Å². The van der Waals surface area contributed by atoms with Crippen molar-refractivity contribution in [1.82, 2.24) is 15.3 Å². The van der Waals surface area contributed by atoms with Gasteiger partial charge in [0.2, 0.25) is 0 Å². The van der Waals surface area contributed by atoms with Crippen molar-refractivity contribution in [3.05, 3.63) is 29.3 Å². The maximum absolute atomic E-state index is 12.1. The Morgan fingerprint density at radius 2 is 1.97 bits per heavy atom. The van der Waals surface area contributed by atoms with Crippen molar-refractivity contribution in [2.24, 2.45) is 17.5 Å². The van der Waals surface area contributed by atoms with Crippen molar-refractivity contribution in [2.75, 3.05) is 13.7 Å². The van der Waals surface area contributed by atoms with E-state index in [0.29, 0.717) is 24.6 Å². The van der Waals surface area contributed by atoms with Crippen LogP contribution in [0.15, 0.2) is 18.0 Å². The second kappa shape index (κ2) is 9.82. The first-order valence-corrected chi connectivity index (χ1v) is 10.6. The van der Waals surface area contributed by atoms with Crippen LogP contribution in [0.1, 0.15) is 63.3 Å². The van der Waals surface area contributed by atoms with Crippen molar-refractivity contribution in [3.8, 4) is 5.75 Å². The lowest BCUT2D eigenvalue weighted by Gasteiger charge is -2.24. The van der Waals surface area contributed by atoms with Gasteiger partial charge in [-0.25, -0.2) is 15.6 Å². The first-order valence-electron chi connectivity index (χ1n) is 10.6. The normalized spacial score (nSPS) is 18.0. The Balaban J connectivity index is 1.74. The third kappa shape index (κ3) is 6.00. The SMILES string of the molecule is CCc1nc(/C(N)=C(\NC(=O)OCC2CC2)N(C)N)ccc1OC1CCCCC1. The van der Waals surface area contributed by atoms with Gasteiger partial charge < -0.3 is 15.2 Å². The van der Waals surface area contributed by atoms with Crippen LogP contribution in [0.2, 0.25) is 0 Å². The molecule has 8 nitrogen and oxygen atoms in total. The summed E-state index contributed by atoms with van der Waals surface area (Å²) in [5, 5.41) is 3.90. The zero-order valence-electron chi connectivity index (χ0n) is 17.4. The van der Waals surface area contributed by atoms with E-state index in [9.17, 15) is 4.79 Å². The number of rotatable bonds is 8. The summed E-state index contributed by atoms with van der Waals surface area (Å²) in [5.41, 5.74) is 7.95. The molecule has 1 aromatic rings. The van der Waals surface area contributed by atoms with Crippen molar-refractivity contribution in [2.45, 2.75) is 64.4 Å². The Kier molecular flexibility index (Phi) is 7.19. The minimum Gasteiger partial charge on any atom is -0.489 e. The Morgan fingerprint density at radius 1 is 1.24 bits per heavy atom. The number of nitrogens with zero attached hydrogens (tertiary/aromatic N) is 2. The number of amides is 1.